The van der Waals surface area contributed by atoms with Crippen molar-refractivity contribution < 1.29 is 0 Å². The van der Waals surface area contributed by atoms with Crippen molar-refractivity contribution in [1.29, 1.82) is 0 Å². The maximum atomic E-state index is 5.16. The molecule has 0 atom stereocenters. The molecule has 1 heterocycles. The second kappa shape index (κ2) is 13.7. The van der Waals surface area contributed by atoms with Crippen molar-refractivity contribution >= 4 is 53.0 Å². The molecule has 0 radical (unpaired) electrons. The Hall–Kier alpha value is -5.67. The maximum Gasteiger partial charge on any atom is 0.0716 e. The molecular weight excluding hydrogens is 546 g/mol. The molecule has 0 saturated heterocycles. The summed E-state index contributed by atoms with van der Waals surface area (Å²) in [5.41, 5.74) is 11.3. The van der Waals surface area contributed by atoms with Crippen molar-refractivity contribution in [3.05, 3.63) is 168 Å². The second-order valence-corrected chi connectivity index (χ2v) is 11.0. The highest BCUT2D eigenvalue weighted by atomic mass is 14.8. The lowest BCUT2D eigenvalue weighted by Gasteiger charge is -2.13. The lowest BCUT2D eigenvalue weighted by molar-refractivity contribution is 1.06. The molecule has 5 aromatic rings. The number of nitrogens with zero attached hydrogens (tertiary/aromatic N) is 3. The predicted octanol–water partition coefficient (Wildman–Crippen LogP) is 10.7. The minimum absolute atomic E-state index is 0.495. The number of hydrogen-bond donors (Lipinski definition) is 0. The van der Waals surface area contributed by atoms with E-state index in [2.05, 4.69) is 91.6 Å². The highest BCUT2D eigenvalue weighted by Gasteiger charge is 2.11. The van der Waals surface area contributed by atoms with E-state index in [-0.39, 0.29) is 0 Å². The number of hydrogen-bond acceptors (Lipinski definition) is 3. The van der Waals surface area contributed by atoms with Crippen LogP contribution >= 0.6 is 0 Å². The van der Waals surface area contributed by atoms with Crippen LogP contribution in [0.2, 0.25) is 0 Å². The van der Waals surface area contributed by atoms with Crippen LogP contribution in [0.15, 0.2) is 149 Å². The average Bonchev–Trinajstić information content (AvgIpc) is 3.11. The first kappa shape index (κ1) is 29.4. The normalized spacial score (nSPS) is 13.4. The molecule has 0 unspecified atom stereocenters. The van der Waals surface area contributed by atoms with E-state index in [4.69, 9.17) is 9.98 Å². The minimum atomic E-state index is 0.495. The molecule has 0 amide bonds. The molecule has 0 bridgehead atoms. The van der Waals surface area contributed by atoms with Gasteiger partial charge in [-0.15, -0.1) is 0 Å². The SMILES string of the molecule is C=Cc1cc2ccc(-c3cc(CN=C(/C=C(\N=C)c4ccccc4)c4ccccc4)cc(C4=CCCC=N4)c3)cc2cc1C=C. The second-order valence-electron chi connectivity index (χ2n) is 11.0. The molecule has 0 fully saturated rings. The number of rotatable bonds is 10. The molecule has 1 aliphatic heterocycles. The van der Waals surface area contributed by atoms with E-state index in [0.717, 1.165) is 79.8 Å². The quantitative estimate of drug-likeness (QED) is 0.147. The first-order valence-corrected chi connectivity index (χ1v) is 15.2. The summed E-state index contributed by atoms with van der Waals surface area (Å²) in [4.78, 5) is 14.3. The molecule has 3 heteroatoms. The van der Waals surface area contributed by atoms with Gasteiger partial charge in [0, 0.05) is 17.3 Å². The summed E-state index contributed by atoms with van der Waals surface area (Å²) in [5.74, 6) is 0. The van der Waals surface area contributed by atoms with E-state index in [0.29, 0.717) is 6.54 Å². The van der Waals surface area contributed by atoms with E-state index in [1.54, 1.807) is 0 Å². The zero-order chi connectivity index (χ0) is 31.0. The summed E-state index contributed by atoms with van der Waals surface area (Å²) in [6, 6.07) is 38.0. The van der Waals surface area contributed by atoms with Gasteiger partial charge in [0.1, 0.15) is 0 Å². The van der Waals surface area contributed by atoms with Crippen LogP contribution in [0.4, 0.5) is 0 Å². The number of benzene rings is 5. The van der Waals surface area contributed by atoms with Gasteiger partial charge < -0.3 is 0 Å². The summed E-state index contributed by atoms with van der Waals surface area (Å²) in [7, 11) is 0. The van der Waals surface area contributed by atoms with Gasteiger partial charge in [0.2, 0.25) is 0 Å². The average molecular weight is 582 g/mol. The number of allylic oxidation sites excluding steroid dienone is 2. The van der Waals surface area contributed by atoms with Crippen molar-refractivity contribution in [3.63, 3.8) is 0 Å². The summed E-state index contributed by atoms with van der Waals surface area (Å²) < 4.78 is 0. The first-order valence-electron chi connectivity index (χ1n) is 15.2. The highest BCUT2D eigenvalue weighted by molar-refractivity contribution is 6.12. The van der Waals surface area contributed by atoms with Crippen LogP contribution in [0.1, 0.15) is 46.2 Å². The van der Waals surface area contributed by atoms with Crippen LogP contribution in [0, 0.1) is 0 Å². The van der Waals surface area contributed by atoms with Gasteiger partial charge in [-0.25, -0.2) is 0 Å². The third kappa shape index (κ3) is 6.79. The Bertz CT molecular complexity index is 2010. The number of aliphatic imine (C=N–C) groups is 3. The molecule has 3 nitrogen and oxygen atoms in total. The van der Waals surface area contributed by atoms with Crippen LogP contribution in [0.25, 0.3) is 45.4 Å². The monoisotopic (exact) mass is 581 g/mol. The summed E-state index contributed by atoms with van der Waals surface area (Å²) in [6.07, 6.45) is 12.0. The Balaban J connectivity index is 1.45. The zero-order valence-electron chi connectivity index (χ0n) is 25.4. The Kier molecular flexibility index (Phi) is 8.98. The van der Waals surface area contributed by atoms with Crippen LogP contribution in [0.5, 0.6) is 0 Å². The molecule has 5 aromatic carbocycles. The minimum Gasteiger partial charge on any atom is -0.280 e. The molecule has 0 saturated carbocycles. The molecule has 6 rings (SSSR count). The fraction of sp³-hybridized carbons (Fsp3) is 0.0714. The molecule has 0 aromatic heterocycles. The Morgan fingerprint density at radius 1 is 0.689 bits per heavy atom. The van der Waals surface area contributed by atoms with Gasteiger partial charge in [0.15, 0.2) is 0 Å². The molecule has 45 heavy (non-hydrogen) atoms. The van der Waals surface area contributed by atoms with Crippen LogP contribution in [-0.2, 0) is 6.54 Å². The molecular formula is C42H35N3. The fourth-order valence-corrected chi connectivity index (χ4v) is 5.63. The Labute approximate surface area is 265 Å². The lowest BCUT2D eigenvalue weighted by atomic mass is 9.94. The highest BCUT2D eigenvalue weighted by Crippen LogP contribution is 2.32. The predicted molar refractivity (Wildman–Crippen MR) is 196 cm³/mol. The van der Waals surface area contributed by atoms with Gasteiger partial charge in [0.25, 0.3) is 0 Å². The van der Waals surface area contributed by atoms with Crippen molar-refractivity contribution in [2.75, 3.05) is 0 Å². The smallest absolute Gasteiger partial charge is 0.0716 e. The van der Waals surface area contributed by atoms with E-state index in [1.807, 2.05) is 73.0 Å². The van der Waals surface area contributed by atoms with Crippen molar-refractivity contribution in [3.8, 4) is 11.1 Å². The summed E-state index contributed by atoms with van der Waals surface area (Å²) in [6.45, 7) is 12.3. The van der Waals surface area contributed by atoms with Crippen molar-refractivity contribution in [2.45, 2.75) is 19.4 Å². The largest absolute Gasteiger partial charge is 0.280 e. The third-order valence-electron chi connectivity index (χ3n) is 7.98. The van der Waals surface area contributed by atoms with E-state index < -0.39 is 0 Å². The summed E-state index contributed by atoms with van der Waals surface area (Å²) >= 11 is 0. The summed E-state index contributed by atoms with van der Waals surface area (Å²) in [5, 5.41) is 2.33. The van der Waals surface area contributed by atoms with Crippen molar-refractivity contribution in [2.24, 2.45) is 15.0 Å². The van der Waals surface area contributed by atoms with Crippen LogP contribution in [-0.4, -0.2) is 18.6 Å². The molecule has 0 N–H and O–H groups in total. The maximum absolute atomic E-state index is 5.16. The standard InChI is InChI=1S/C42H35N3/c1-4-31-24-35-19-20-36(26-38(35)25-32(31)5-2)37-22-30(23-39(27-37)40-18-12-13-21-44-40)29-45-42(34-16-10-7-11-17-34)28-41(43-3)33-14-8-6-9-15-33/h4-11,14-28H,1-3,12-13,29H2/b41-28-,45-42?. The molecule has 0 spiro atoms. The third-order valence-corrected chi connectivity index (χ3v) is 7.98. The first-order chi connectivity index (χ1) is 22.1. The van der Waals surface area contributed by atoms with Gasteiger partial charge in [-0.2, -0.15) is 0 Å². The van der Waals surface area contributed by atoms with Gasteiger partial charge in [-0.05, 0) is 106 Å². The van der Waals surface area contributed by atoms with Crippen LogP contribution < -0.4 is 0 Å². The molecule has 1 aliphatic rings. The van der Waals surface area contributed by atoms with Gasteiger partial charge in [0.05, 0.1) is 23.7 Å². The molecule has 218 valence electrons. The zero-order valence-corrected chi connectivity index (χ0v) is 25.4. The fourth-order valence-electron chi connectivity index (χ4n) is 5.63. The lowest BCUT2D eigenvalue weighted by Crippen LogP contribution is -2.00. The Morgan fingerprint density at radius 3 is 2.04 bits per heavy atom. The van der Waals surface area contributed by atoms with Gasteiger partial charge in [-0.1, -0.05) is 104 Å². The van der Waals surface area contributed by atoms with E-state index >= 15 is 0 Å². The van der Waals surface area contributed by atoms with Gasteiger partial charge in [-0.3, -0.25) is 15.0 Å². The van der Waals surface area contributed by atoms with E-state index in [1.165, 1.54) is 5.39 Å². The number of fused-ring (bicyclic) bond motifs is 1. The van der Waals surface area contributed by atoms with Crippen molar-refractivity contribution in [1.82, 2.24) is 0 Å². The van der Waals surface area contributed by atoms with E-state index in [9.17, 15) is 0 Å². The van der Waals surface area contributed by atoms with Gasteiger partial charge >= 0.3 is 0 Å². The topological polar surface area (TPSA) is 37.1 Å². The molecule has 0 aliphatic carbocycles. The van der Waals surface area contributed by atoms with Crippen LogP contribution in [0.3, 0.4) is 0 Å². The Morgan fingerprint density at radius 2 is 1.38 bits per heavy atom.